The molecular formula is C25H24ClN3. The molecule has 0 atom stereocenters. The van der Waals surface area contributed by atoms with Gasteiger partial charge in [-0.05, 0) is 67.9 Å². The maximum Gasteiger partial charge on any atom is 0.0702 e. The number of benzene rings is 2. The molecule has 0 bridgehead atoms. The summed E-state index contributed by atoms with van der Waals surface area (Å²) in [4.78, 5) is 7.27. The predicted molar refractivity (Wildman–Crippen MR) is 121 cm³/mol. The number of nitrogens with zero attached hydrogens (tertiary/aromatic N) is 3. The molecule has 29 heavy (non-hydrogen) atoms. The topological polar surface area (TPSA) is 21.1 Å². The van der Waals surface area contributed by atoms with Crippen molar-refractivity contribution >= 4 is 22.5 Å². The van der Waals surface area contributed by atoms with Gasteiger partial charge in [0, 0.05) is 52.5 Å². The Hall–Kier alpha value is -2.62. The van der Waals surface area contributed by atoms with E-state index in [-0.39, 0.29) is 0 Å². The Balaban J connectivity index is 1.35. The molecule has 1 saturated heterocycles. The minimum Gasteiger partial charge on any atom is -0.346 e. The van der Waals surface area contributed by atoms with E-state index in [9.17, 15) is 0 Å². The summed E-state index contributed by atoms with van der Waals surface area (Å²) in [5, 5.41) is 2.02. The van der Waals surface area contributed by atoms with Gasteiger partial charge in [0.15, 0.2) is 0 Å². The number of rotatable bonds is 5. The Morgan fingerprint density at radius 2 is 1.55 bits per heavy atom. The second-order valence-electron chi connectivity index (χ2n) is 7.77. The van der Waals surface area contributed by atoms with E-state index in [4.69, 9.17) is 16.6 Å². The Morgan fingerprint density at radius 1 is 0.793 bits per heavy atom. The van der Waals surface area contributed by atoms with Gasteiger partial charge < -0.3 is 9.47 Å². The molecule has 4 heteroatoms. The number of halogens is 1. The minimum atomic E-state index is 0.749. The summed E-state index contributed by atoms with van der Waals surface area (Å²) in [6.45, 7) is 4.69. The van der Waals surface area contributed by atoms with E-state index >= 15 is 0 Å². The number of likely N-dealkylation sites (tertiary alicyclic amines) is 1. The van der Waals surface area contributed by atoms with E-state index in [0.29, 0.717) is 0 Å². The van der Waals surface area contributed by atoms with E-state index in [0.717, 1.165) is 40.5 Å². The van der Waals surface area contributed by atoms with Crippen LogP contribution in [0.3, 0.4) is 0 Å². The molecule has 0 spiro atoms. The average Bonchev–Trinajstić information content (AvgIpc) is 3.42. The van der Waals surface area contributed by atoms with Crippen LogP contribution in [0.25, 0.3) is 33.3 Å². The normalized spacial score (nSPS) is 14.7. The van der Waals surface area contributed by atoms with Crippen molar-refractivity contribution in [1.29, 1.82) is 0 Å². The first kappa shape index (κ1) is 18.4. The van der Waals surface area contributed by atoms with E-state index in [1.807, 2.05) is 30.5 Å². The molecule has 1 aliphatic rings. The minimum absolute atomic E-state index is 0.749. The third-order valence-corrected chi connectivity index (χ3v) is 6.12. The quantitative estimate of drug-likeness (QED) is 0.401. The molecule has 0 saturated carbocycles. The fourth-order valence-corrected chi connectivity index (χ4v) is 4.31. The van der Waals surface area contributed by atoms with E-state index in [2.05, 4.69) is 52.1 Å². The van der Waals surface area contributed by atoms with Crippen LogP contribution in [-0.4, -0.2) is 34.1 Å². The van der Waals surface area contributed by atoms with Gasteiger partial charge in [-0.3, -0.25) is 4.98 Å². The largest absolute Gasteiger partial charge is 0.346 e. The summed E-state index contributed by atoms with van der Waals surface area (Å²) in [6.07, 6.45) is 6.84. The van der Waals surface area contributed by atoms with Gasteiger partial charge in [0.1, 0.15) is 0 Å². The second-order valence-corrected chi connectivity index (χ2v) is 8.21. The van der Waals surface area contributed by atoms with Gasteiger partial charge >= 0.3 is 0 Å². The standard InChI is InChI=1S/C25H24ClN3/c26-23-7-3-19(4-8-23)22-5-9-24(27-18-22)20-6-10-25-21(17-20)11-14-29(25)16-15-28-12-1-2-13-28/h3-11,14,17-18H,1-2,12-13,15-16H2. The molecule has 3 heterocycles. The Bertz CT molecular complexity index is 1110. The summed E-state index contributed by atoms with van der Waals surface area (Å²) in [7, 11) is 0. The first-order chi connectivity index (χ1) is 14.3. The van der Waals surface area contributed by atoms with Crippen molar-refractivity contribution in [3.63, 3.8) is 0 Å². The monoisotopic (exact) mass is 401 g/mol. The molecule has 1 fully saturated rings. The molecule has 0 amide bonds. The van der Waals surface area contributed by atoms with Crippen molar-refractivity contribution in [2.45, 2.75) is 19.4 Å². The Morgan fingerprint density at radius 3 is 2.31 bits per heavy atom. The summed E-state index contributed by atoms with van der Waals surface area (Å²) < 4.78 is 2.37. The maximum atomic E-state index is 5.99. The summed E-state index contributed by atoms with van der Waals surface area (Å²) in [6, 6.07) is 20.9. The third kappa shape index (κ3) is 3.93. The van der Waals surface area contributed by atoms with E-state index in [1.54, 1.807) is 0 Å². The fraction of sp³-hybridized carbons (Fsp3) is 0.240. The highest BCUT2D eigenvalue weighted by Gasteiger charge is 2.12. The maximum absolute atomic E-state index is 5.99. The molecule has 2 aromatic carbocycles. The molecule has 0 unspecified atom stereocenters. The highest BCUT2D eigenvalue weighted by atomic mass is 35.5. The Kier molecular flexibility index (Phi) is 5.09. The summed E-state index contributed by atoms with van der Waals surface area (Å²) in [5.74, 6) is 0. The molecule has 2 aromatic heterocycles. The van der Waals surface area contributed by atoms with Gasteiger partial charge in [-0.1, -0.05) is 35.9 Å². The van der Waals surface area contributed by atoms with Crippen LogP contribution in [0.4, 0.5) is 0 Å². The highest BCUT2D eigenvalue weighted by molar-refractivity contribution is 6.30. The van der Waals surface area contributed by atoms with E-state index in [1.165, 1.54) is 36.8 Å². The van der Waals surface area contributed by atoms with Crippen LogP contribution in [0.5, 0.6) is 0 Å². The van der Waals surface area contributed by atoms with Crippen LogP contribution in [0.2, 0.25) is 5.02 Å². The number of fused-ring (bicyclic) bond motifs is 1. The Labute approximate surface area is 176 Å². The molecule has 3 nitrogen and oxygen atoms in total. The van der Waals surface area contributed by atoms with Crippen LogP contribution in [0.15, 0.2) is 73.1 Å². The summed E-state index contributed by atoms with van der Waals surface area (Å²) >= 11 is 5.99. The lowest BCUT2D eigenvalue weighted by Gasteiger charge is -2.15. The number of aromatic nitrogens is 2. The molecule has 5 rings (SSSR count). The van der Waals surface area contributed by atoms with Gasteiger partial charge in [-0.2, -0.15) is 0 Å². The summed E-state index contributed by atoms with van der Waals surface area (Å²) in [5.41, 5.74) is 5.66. The van der Waals surface area contributed by atoms with Crippen molar-refractivity contribution in [3.05, 3.63) is 78.1 Å². The smallest absolute Gasteiger partial charge is 0.0702 e. The van der Waals surface area contributed by atoms with Gasteiger partial charge in [0.05, 0.1) is 5.69 Å². The fourth-order valence-electron chi connectivity index (χ4n) is 4.19. The van der Waals surface area contributed by atoms with Crippen LogP contribution < -0.4 is 0 Å². The number of pyridine rings is 1. The average molecular weight is 402 g/mol. The predicted octanol–water partition coefficient (Wildman–Crippen LogP) is 6.12. The molecule has 146 valence electrons. The van der Waals surface area contributed by atoms with Crippen LogP contribution in [0.1, 0.15) is 12.8 Å². The molecule has 0 aliphatic carbocycles. The molecule has 1 aliphatic heterocycles. The lowest BCUT2D eigenvalue weighted by molar-refractivity contribution is 0.324. The van der Waals surface area contributed by atoms with Gasteiger partial charge in [-0.25, -0.2) is 0 Å². The molecule has 0 N–H and O–H groups in total. The zero-order chi connectivity index (χ0) is 19.6. The lowest BCUT2D eigenvalue weighted by atomic mass is 10.1. The zero-order valence-corrected chi connectivity index (χ0v) is 17.1. The first-order valence-electron chi connectivity index (χ1n) is 10.3. The molecular weight excluding hydrogens is 378 g/mol. The second kappa shape index (κ2) is 8.02. The molecule has 4 aromatic rings. The van der Waals surface area contributed by atoms with Crippen molar-refractivity contribution in [1.82, 2.24) is 14.5 Å². The van der Waals surface area contributed by atoms with Crippen molar-refractivity contribution in [2.75, 3.05) is 19.6 Å². The zero-order valence-electron chi connectivity index (χ0n) is 16.4. The first-order valence-corrected chi connectivity index (χ1v) is 10.7. The van der Waals surface area contributed by atoms with Crippen molar-refractivity contribution in [2.24, 2.45) is 0 Å². The van der Waals surface area contributed by atoms with Crippen LogP contribution >= 0.6 is 11.6 Å². The van der Waals surface area contributed by atoms with Gasteiger partial charge in [0.2, 0.25) is 0 Å². The number of hydrogen-bond acceptors (Lipinski definition) is 2. The van der Waals surface area contributed by atoms with Crippen molar-refractivity contribution < 1.29 is 0 Å². The highest BCUT2D eigenvalue weighted by Crippen LogP contribution is 2.27. The van der Waals surface area contributed by atoms with E-state index < -0.39 is 0 Å². The number of hydrogen-bond donors (Lipinski definition) is 0. The van der Waals surface area contributed by atoms with Crippen molar-refractivity contribution in [3.8, 4) is 22.4 Å². The van der Waals surface area contributed by atoms with Gasteiger partial charge in [0.25, 0.3) is 0 Å². The molecule has 0 radical (unpaired) electrons. The van der Waals surface area contributed by atoms with Crippen LogP contribution in [0, 0.1) is 0 Å². The van der Waals surface area contributed by atoms with Gasteiger partial charge in [-0.15, -0.1) is 0 Å². The van der Waals surface area contributed by atoms with Crippen LogP contribution in [-0.2, 0) is 6.54 Å². The third-order valence-electron chi connectivity index (χ3n) is 5.86. The SMILES string of the molecule is Clc1ccc(-c2ccc(-c3ccc4c(ccn4CCN4CCCC4)c3)nc2)cc1. The lowest BCUT2D eigenvalue weighted by Crippen LogP contribution is -2.23.